The van der Waals surface area contributed by atoms with Gasteiger partial charge in [0.1, 0.15) is 6.10 Å². The van der Waals surface area contributed by atoms with Gasteiger partial charge in [-0.1, -0.05) is 176 Å². The van der Waals surface area contributed by atoms with E-state index in [1.165, 1.54) is 89.9 Å². The molecule has 0 aromatic carbocycles. The van der Waals surface area contributed by atoms with Crippen LogP contribution in [0.15, 0.2) is 85.1 Å². The lowest BCUT2D eigenvalue weighted by Gasteiger charge is -2.20. The number of nitrogens with two attached hydrogens (primary N) is 1. The zero-order valence-electron chi connectivity index (χ0n) is 37.0. The van der Waals surface area contributed by atoms with Crippen LogP contribution in [0.3, 0.4) is 0 Å². The molecule has 0 aliphatic carbocycles. The van der Waals surface area contributed by atoms with Gasteiger partial charge in [-0.25, -0.2) is 4.57 Å². The number of unbranched alkanes of at least 4 members (excludes halogenated alkanes) is 16. The van der Waals surface area contributed by atoms with Gasteiger partial charge in [0.05, 0.1) is 19.8 Å². The molecule has 8 nitrogen and oxygen atoms in total. The van der Waals surface area contributed by atoms with Crippen LogP contribution in [0.5, 0.6) is 0 Å². The molecule has 0 bridgehead atoms. The summed E-state index contributed by atoms with van der Waals surface area (Å²) in [7, 11) is -4.30. The molecule has 9 heteroatoms. The van der Waals surface area contributed by atoms with Crippen LogP contribution in [-0.2, 0) is 27.9 Å². The molecular formula is C49H86NO7P. The van der Waals surface area contributed by atoms with Gasteiger partial charge in [0, 0.05) is 19.6 Å². The Labute approximate surface area is 356 Å². The smallest absolute Gasteiger partial charge is 0.457 e. The van der Waals surface area contributed by atoms with E-state index in [9.17, 15) is 14.3 Å². The third-order valence-electron chi connectivity index (χ3n) is 9.30. The fraction of sp³-hybridized carbons (Fsp3) is 0.694. The van der Waals surface area contributed by atoms with Crippen LogP contribution in [0.4, 0.5) is 0 Å². The minimum atomic E-state index is -4.30. The highest BCUT2D eigenvalue weighted by Gasteiger charge is 2.25. The topological polar surface area (TPSA) is 117 Å². The van der Waals surface area contributed by atoms with E-state index in [1.807, 2.05) is 0 Å². The van der Waals surface area contributed by atoms with Gasteiger partial charge in [0.25, 0.3) is 0 Å². The highest BCUT2D eigenvalue weighted by Crippen LogP contribution is 2.43. The van der Waals surface area contributed by atoms with Crippen molar-refractivity contribution in [2.45, 2.75) is 187 Å². The zero-order chi connectivity index (χ0) is 42.3. The Hall–Kier alpha value is -2.32. The zero-order valence-corrected chi connectivity index (χ0v) is 37.9. The fourth-order valence-electron chi connectivity index (χ4n) is 5.95. The highest BCUT2D eigenvalue weighted by molar-refractivity contribution is 7.47. The Morgan fingerprint density at radius 3 is 1.45 bits per heavy atom. The van der Waals surface area contributed by atoms with Crippen molar-refractivity contribution in [3.63, 3.8) is 0 Å². The van der Waals surface area contributed by atoms with E-state index in [0.717, 1.165) is 70.6 Å². The Kier molecular flexibility index (Phi) is 43.9. The maximum atomic E-state index is 12.6. The molecule has 0 amide bonds. The lowest BCUT2D eigenvalue weighted by Crippen LogP contribution is -2.28. The monoisotopic (exact) mass is 832 g/mol. The van der Waals surface area contributed by atoms with E-state index in [0.29, 0.717) is 13.0 Å². The van der Waals surface area contributed by atoms with E-state index in [1.54, 1.807) is 0 Å². The molecule has 2 unspecified atom stereocenters. The van der Waals surface area contributed by atoms with Crippen molar-refractivity contribution >= 4 is 13.8 Å². The van der Waals surface area contributed by atoms with Gasteiger partial charge in [-0.3, -0.25) is 13.8 Å². The molecule has 0 fully saturated rings. The normalized spacial score (nSPS) is 14.2. The number of carbonyl (C=O) groups is 1. The van der Waals surface area contributed by atoms with Crippen LogP contribution >= 0.6 is 7.82 Å². The number of ether oxygens (including phenoxy) is 2. The second kappa shape index (κ2) is 45.8. The molecule has 0 rings (SSSR count). The summed E-state index contributed by atoms with van der Waals surface area (Å²) in [5, 5.41) is 0. The predicted molar refractivity (Wildman–Crippen MR) is 247 cm³/mol. The molecule has 0 aromatic rings. The lowest BCUT2D eigenvalue weighted by molar-refractivity contribution is -0.154. The van der Waals surface area contributed by atoms with Crippen molar-refractivity contribution < 1.29 is 32.8 Å². The van der Waals surface area contributed by atoms with Crippen molar-refractivity contribution in [2.24, 2.45) is 5.73 Å². The molecular weight excluding hydrogens is 746 g/mol. The van der Waals surface area contributed by atoms with Gasteiger partial charge in [-0.15, -0.1) is 0 Å². The lowest BCUT2D eigenvalue weighted by atomic mass is 10.0. The first kappa shape index (κ1) is 55.7. The predicted octanol–water partition coefficient (Wildman–Crippen LogP) is 14.1. The first-order chi connectivity index (χ1) is 28.4. The Morgan fingerprint density at radius 1 is 0.534 bits per heavy atom. The number of allylic oxidation sites excluding steroid dienone is 14. The van der Waals surface area contributed by atoms with E-state index in [4.69, 9.17) is 24.3 Å². The van der Waals surface area contributed by atoms with E-state index < -0.39 is 13.9 Å². The van der Waals surface area contributed by atoms with Crippen LogP contribution in [0.2, 0.25) is 0 Å². The summed E-state index contributed by atoms with van der Waals surface area (Å²) in [4.78, 5) is 22.5. The molecule has 334 valence electrons. The molecule has 0 spiro atoms. The second-order valence-electron chi connectivity index (χ2n) is 14.9. The van der Waals surface area contributed by atoms with Gasteiger partial charge < -0.3 is 20.1 Å². The quantitative estimate of drug-likeness (QED) is 0.0270. The summed E-state index contributed by atoms with van der Waals surface area (Å²) >= 11 is 0. The van der Waals surface area contributed by atoms with E-state index in [2.05, 4.69) is 98.9 Å². The fourth-order valence-corrected chi connectivity index (χ4v) is 6.71. The maximum Gasteiger partial charge on any atom is 0.472 e. The van der Waals surface area contributed by atoms with Crippen LogP contribution in [0.1, 0.15) is 181 Å². The van der Waals surface area contributed by atoms with Gasteiger partial charge in [-0.2, -0.15) is 0 Å². The molecule has 0 heterocycles. The van der Waals surface area contributed by atoms with Crippen molar-refractivity contribution in [3.05, 3.63) is 85.1 Å². The Balaban J connectivity index is 4.04. The van der Waals surface area contributed by atoms with Crippen LogP contribution in [0, 0.1) is 0 Å². The second-order valence-corrected chi connectivity index (χ2v) is 16.3. The molecule has 0 radical (unpaired) electrons. The largest absolute Gasteiger partial charge is 0.472 e. The number of hydrogen-bond donors (Lipinski definition) is 2. The van der Waals surface area contributed by atoms with Crippen molar-refractivity contribution in [1.29, 1.82) is 0 Å². The van der Waals surface area contributed by atoms with Crippen molar-refractivity contribution in [1.82, 2.24) is 0 Å². The van der Waals surface area contributed by atoms with Gasteiger partial charge in [0.15, 0.2) is 0 Å². The first-order valence-electron chi connectivity index (χ1n) is 23.1. The number of rotatable bonds is 43. The Bertz CT molecular complexity index is 1160. The minimum absolute atomic E-state index is 0.0722. The molecule has 0 saturated heterocycles. The van der Waals surface area contributed by atoms with E-state index in [-0.39, 0.29) is 32.3 Å². The van der Waals surface area contributed by atoms with Crippen molar-refractivity contribution in [3.8, 4) is 0 Å². The first-order valence-corrected chi connectivity index (χ1v) is 24.6. The van der Waals surface area contributed by atoms with Gasteiger partial charge in [0.2, 0.25) is 0 Å². The standard InChI is InChI=1S/C49H86NO7P/c1-3-5-7-9-11-13-15-17-19-20-21-22-23-24-25-26-27-28-29-30-32-34-36-38-40-42-49(51)57-48(47-56-58(52,53)55-45-43-50)46-54-44-41-39-37-35-33-31-18-16-14-12-10-8-6-4-2/h6,8,12,14-15,17-18,20-21,23-24,31,35,37,48H,3-5,7,9-11,13,16,19,22,25-30,32-34,36,38-47,50H2,1-2H3,(H,52,53)/b8-6-,14-12-,17-15-,21-20-,24-23-,31-18-,37-35-. The number of phosphoric ester groups is 1. The summed E-state index contributed by atoms with van der Waals surface area (Å²) in [6.45, 7) is 4.62. The summed E-state index contributed by atoms with van der Waals surface area (Å²) in [5.74, 6) is -0.356. The molecule has 0 aromatic heterocycles. The van der Waals surface area contributed by atoms with E-state index >= 15 is 0 Å². The van der Waals surface area contributed by atoms with Crippen molar-refractivity contribution in [2.75, 3.05) is 33.0 Å². The summed E-state index contributed by atoms with van der Waals surface area (Å²) in [6.07, 6.45) is 59.1. The number of phosphoric acid groups is 1. The number of carbonyl (C=O) groups excluding carboxylic acids is 1. The molecule has 0 aliphatic rings. The molecule has 0 aliphatic heterocycles. The SMILES string of the molecule is CC/C=C\C/C=C\C/C=C\C/C=C\CCCOCC(COP(=O)(O)OCCN)OC(=O)CCCCCCCCCCCC/C=C\C/C=C\C/C=C\CCCCCCC. The highest BCUT2D eigenvalue weighted by atomic mass is 31.2. The third kappa shape index (κ3) is 44.8. The minimum Gasteiger partial charge on any atom is -0.457 e. The van der Waals surface area contributed by atoms with Gasteiger partial charge in [-0.05, 0) is 83.5 Å². The Morgan fingerprint density at radius 2 is 0.966 bits per heavy atom. The van der Waals surface area contributed by atoms with Gasteiger partial charge >= 0.3 is 13.8 Å². The molecule has 2 atom stereocenters. The summed E-state index contributed by atoms with van der Waals surface area (Å²) in [5.41, 5.74) is 5.37. The average Bonchev–Trinajstić information content (AvgIpc) is 3.21. The summed E-state index contributed by atoms with van der Waals surface area (Å²) in [6, 6.07) is 0. The third-order valence-corrected chi connectivity index (χ3v) is 10.3. The molecule has 3 N–H and O–H groups in total. The van der Waals surface area contributed by atoms with Crippen LogP contribution < -0.4 is 5.73 Å². The average molecular weight is 832 g/mol. The molecule has 58 heavy (non-hydrogen) atoms. The maximum absolute atomic E-state index is 12.6. The van der Waals surface area contributed by atoms with Crippen LogP contribution in [-0.4, -0.2) is 49.9 Å². The molecule has 0 saturated carbocycles. The number of hydrogen-bond acceptors (Lipinski definition) is 7. The van der Waals surface area contributed by atoms with Crippen LogP contribution in [0.25, 0.3) is 0 Å². The summed E-state index contributed by atoms with van der Waals surface area (Å²) < 4.78 is 33.4. The number of esters is 1.